The SMILES string of the molecule is COc1ccc(C(=O)O)cc1S(=O)(=O)Nc1ccccc1C(=O)NCC(F)(F)F. The zero-order chi connectivity index (χ0) is 21.8. The Balaban J connectivity index is 2.41. The van der Waals surface area contributed by atoms with Crippen LogP contribution in [0.4, 0.5) is 18.9 Å². The van der Waals surface area contributed by atoms with Crippen molar-refractivity contribution in [3.63, 3.8) is 0 Å². The summed E-state index contributed by atoms with van der Waals surface area (Å²) in [5.74, 6) is -2.69. The van der Waals surface area contributed by atoms with Crippen molar-refractivity contribution in [2.45, 2.75) is 11.1 Å². The summed E-state index contributed by atoms with van der Waals surface area (Å²) in [5, 5.41) is 10.7. The second-order valence-corrected chi connectivity index (χ2v) is 7.27. The number of sulfonamides is 1. The van der Waals surface area contributed by atoms with E-state index in [-0.39, 0.29) is 22.6 Å². The van der Waals surface area contributed by atoms with Crippen molar-refractivity contribution in [1.29, 1.82) is 0 Å². The molecule has 2 aromatic rings. The van der Waals surface area contributed by atoms with Crippen LogP contribution < -0.4 is 14.8 Å². The van der Waals surface area contributed by atoms with Gasteiger partial charge in [0.05, 0.1) is 23.9 Å². The number of carboxylic acid groups (broad SMARTS) is 1. The van der Waals surface area contributed by atoms with Gasteiger partial charge in [-0.1, -0.05) is 12.1 Å². The Morgan fingerprint density at radius 1 is 1.14 bits per heavy atom. The Labute approximate surface area is 163 Å². The van der Waals surface area contributed by atoms with Gasteiger partial charge in [0.25, 0.3) is 15.9 Å². The molecule has 0 radical (unpaired) electrons. The number of anilines is 1. The largest absolute Gasteiger partial charge is 0.495 e. The molecule has 0 saturated heterocycles. The first-order valence-electron chi connectivity index (χ1n) is 7.83. The highest BCUT2D eigenvalue weighted by molar-refractivity contribution is 7.92. The maximum atomic E-state index is 12.8. The van der Waals surface area contributed by atoms with Crippen LogP contribution in [0.25, 0.3) is 0 Å². The summed E-state index contributed by atoms with van der Waals surface area (Å²) in [5.41, 5.74) is -0.981. The quantitative estimate of drug-likeness (QED) is 0.618. The van der Waals surface area contributed by atoms with Crippen molar-refractivity contribution in [3.05, 3.63) is 53.6 Å². The summed E-state index contributed by atoms with van der Waals surface area (Å²) in [6.45, 7) is -1.60. The number of para-hydroxylation sites is 1. The predicted octanol–water partition coefficient (Wildman–Crippen LogP) is 2.49. The van der Waals surface area contributed by atoms with E-state index in [9.17, 15) is 31.2 Å². The van der Waals surface area contributed by atoms with Crippen LogP contribution in [0.15, 0.2) is 47.4 Å². The van der Waals surface area contributed by atoms with E-state index in [1.165, 1.54) is 25.3 Å². The van der Waals surface area contributed by atoms with Gasteiger partial charge in [0.1, 0.15) is 17.2 Å². The number of amides is 1. The molecule has 1 amide bonds. The van der Waals surface area contributed by atoms with Gasteiger partial charge < -0.3 is 15.2 Å². The van der Waals surface area contributed by atoms with Crippen molar-refractivity contribution in [3.8, 4) is 5.75 Å². The second kappa shape index (κ2) is 8.39. The van der Waals surface area contributed by atoms with Gasteiger partial charge in [0.15, 0.2) is 0 Å². The standard InChI is InChI=1S/C17H15F3N2O6S/c1-28-13-7-6-10(16(24)25)8-14(13)29(26,27)22-12-5-3-2-4-11(12)15(23)21-9-17(18,19)20/h2-8,22H,9H2,1H3,(H,21,23)(H,24,25). The smallest absolute Gasteiger partial charge is 0.405 e. The lowest BCUT2D eigenvalue weighted by molar-refractivity contribution is -0.123. The van der Waals surface area contributed by atoms with E-state index in [1.807, 2.05) is 0 Å². The molecule has 0 aliphatic heterocycles. The van der Waals surface area contributed by atoms with Gasteiger partial charge in [-0.15, -0.1) is 0 Å². The lowest BCUT2D eigenvalue weighted by Gasteiger charge is -2.15. The van der Waals surface area contributed by atoms with Gasteiger partial charge in [-0.3, -0.25) is 9.52 Å². The van der Waals surface area contributed by atoms with Crippen molar-refractivity contribution >= 4 is 27.6 Å². The molecule has 12 heteroatoms. The number of aromatic carboxylic acids is 1. The number of hydrogen-bond acceptors (Lipinski definition) is 5. The lowest BCUT2D eigenvalue weighted by Crippen LogP contribution is -2.34. The molecule has 156 valence electrons. The molecule has 2 rings (SSSR count). The number of rotatable bonds is 7. The predicted molar refractivity (Wildman–Crippen MR) is 95.6 cm³/mol. The van der Waals surface area contributed by atoms with Crippen LogP contribution in [0.3, 0.4) is 0 Å². The lowest BCUT2D eigenvalue weighted by atomic mass is 10.1. The van der Waals surface area contributed by atoms with Crippen LogP contribution in [0, 0.1) is 0 Å². The molecular formula is C17H15F3N2O6S. The number of carbonyl (C=O) groups is 2. The Kier molecular flexibility index (Phi) is 6.37. The number of hydrogen-bond donors (Lipinski definition) is 3. The van der Waals surface area contributed by atoms with Crippen molar-refractivity contribution < 1.29 is 41.0 Å². The molecule has 0 bridgehead atoms. The first-order chi connectivity index (χ1) is 13.4. The van der Waals surface area contributed by atoms with Crippen LogP contribution in [-0.2, 0) is 10.0 Å². The molecule has 0 unspecified atom stereocenters. The Bertz CT molecular complexity index is 1040. The fourth-order valence-electron chi connectivity index (χ4n) is 2.27. The minimum absolute atomic E-state index is 0.165. The van der Waals surface area contributed by atoms with Crippen LogP contribution in [0.2, 0.25) is 0 Å². The van der Waals surface area contributed by atoms with E-state index in [2.05, 4.69) is 4.72 Å². The molecule has 0 saturated carbocycles. The Morgan fingerprint density at radius 3 is 2.38 bits per heavy atom. The third-order valence-corrected chi connectivity index (χ3v) is 4.95. The summed E-state index contributed by atoms with van der Waals surface area (Å²) >= 11 is 0. The number of benzene rings is 2. The topological polar surface area (TPSA) is 122 Å². The maximum Gasteiger partial charge on any atom is 0.405 e. The van der Waals surface area contributed by atoms with Gasteiger partial charge in [-0.2, -0.15) is 13.2 Å². The number of halogens is 3. The third kappa shape index (κ3) is 5.60. The summed E-state index contributed by atoms with van der Waals surface area (Å²) in [7, 11) is -3.28. The van der Waals surface area contributed by atoms with E-state index in [1.54, 1.807) is 5.32 Å². The van der Waals surface area contributed by atoms with Crippen LogP contribution in [0.1, 0.15) is 20.7 Å². The second-order valence-electron chi connectivity index (χ2n) is 5.62. The van der Waals surface area contributed by atoms with E-state index in [4.69, 9.17) is 9.84 Å². The molecule has 0 aliphatic rings. The Hall–Kier alpha value is -3.28. The minimum atomic E-state index is -4.64. The van der Waals surface area contributed by atoms with Crippen LogP contribution in [0.5, 0.6) is 5.75 Å². The monoisotopic (exact) mass is 432 g/mol. The number of alkyl halides is 3. The molecule has 8 nitrogen and oxygen atoms in total. The van der Waals surface area contributed by atoms with E-state index < -0.39 is 39.5 Å². The molecule has 0 aliphatic carbocycles. The van der Waals surface area contributed by atoms with Gasteiger partial charge in [-0.25, -0.2) is 13.2 Å². The minimum Gasteiger partial charge on any atom is -0.495 e. The molecule has 0 spiro atoms. The fourth-order valence-corrected chi connectivity index (χ4v) is 3.54. The Morgan fingerprint density at radius 2 is 1.79 bits per heavy atom. The van der Waals surface area contributed by atoms with E-state index in [0.29, 0.717) is 0 Å². The number of nitrogens with one attached hydrogen (secondary N) is 2. The fraction of sp³-hybridized carbons (Fsp3) is 0.176. The average molecular weight is 432 g/mol. The third-order valence-electron chi connectivity index (χ3n) is 3.57. The van der Waals surface area contributed by atoms with Gasteiger partial charge in [0.2, 0.25) is 0 Å². The maximum absolute atomic E-state index is 12.8. The zero-order valence-electron chi connectivity index (χ0n) is 14.8. The van der Waals surface area contributed by atoms with Crippen molar-refractivity contribution in [1.82, 2.24) is 5.32 Å². The summed E-state index contributed by atoms with van der Waals surface area (Å²) in [6, 6.07) is 8.14. The number of carboxylic acids is 1. The summed E-state index contributed by atoms with van der Waals surface area (Å²) in [4.78, 5) is 22.7. The zero-order valence-corrected chi connectivity index (χ0v) is 15.6. The number of ether oxygens (including phenoxy) is 1. The molecule has 29 heavy (non-hydrogen) atoms. The normalized spacial score (nSPS) is 11.6. The first kappa shape index (κ1) is 22.0. The molecule has 0 fully saturated rings. The molecule has 3 N–H and O–H groups in total. The molecular weight excluding hydrogens is 417 g/mol. The van der Waals surface area contributed by atoms with E-state index in [0.717, 1.165) is 24.3 Å². The van der Waals surface area contributed by atoms with Crippen LogP contribution in [-0.4, -0.2) is 45.2 Å². The van der Waals surface area contributed by atoms with Gasteiger partial charge in [-0.05, 0) is 30.3 Å². The molecule has 2 aromatic carbocycles. The van der Waals surface area contributed by atoms with Crippen molar-refractivity contribution in [2.75, 3.05) is 18.4 Å². The molecule has 0 heterocycles. The highest BCUT2D eigenvalue weighted by atomic mass is 32.2. The van der Waals surface area contributed by atoms with Crippen molar-refractivity contribution in [2.24, 2.45) is 0 Å². The van der Waals surface area contributed by atoms with Gasteiger partial charge in [0, 0.05) is 0 Å². The molecule has 0 atom stereocenters. The average Bonchev–Trinajstić information content (AvgIpc) is 2.65. The number of methoxy groups -OCH3 is 1. The summed E-state index contributed by atoms with van der Waals surface area (Å²) < 4.78 is 69.5. The van der Waals surface area contributed by atoms with Crippen LogP contribution >= 0.6 is 0 Å². The van der Waals surface area contributed by atoms with Gasteiger partial charge >= 0.3 is 12.1 Å². The highest BCUT2D eigenvalue weighted by Crippen LogP contribution is 2.28. The highest BCUT2D eigenvalue weighted by Gasteiger charge is 2.29. The molecule has 0 aromatic heterocycles. The first-order valence-corrected chi connectivity index (χ1v) is 9.31. The van der Waals surface area contributed by atoms with E-state index >= 15 is 0 Å². The number of carbonyl (C=O) groups excluding carboxylic acids is 1. The summed E-state index contributed by atoms with van der Waals surface area (Å²) in [6.07, 6.45) is -4.64.